The van der Waals surface area contributed by atoms with Crippen LogP contribution in [0, 0.1) is 6.92 Å². The number of halogens is 5. The Morgan fingerprint density at radius 3 is 2.61 bits per heavy atom. The van der Waals surface area contributed by atoms with E-state index in [0.29, 0.717) is 16.8 Å². The first-order valence-corrected chi connectivity index (χ1v) is 8.42. The summed E-state index contributed by atoms with van der Waals surface area (Å²) >= 11 is 5.91. The molecule has 1 N–H and O–H groups in total. The van der Waals surface area contributed by atoms with E-state index in [1.165, 1.54) is 12.1 Å². The Kier molecular flexibility index (Phi) is 5.73. The first kappa shape index (κ1) is 19.9. The van der Waals surface area contributed by atoms with E-state index in [1.807, 2.05) is 0 Å². The van der Waals surface area contributed by atoms with Gasteiger partial charge in [0.1, 0.15) is 17.1 Å². The summed E-state index contributed by atoms with van der Waals surface area (Å²) in [5, 5.41) is 6.55. The van der Waals surface area contributed by atoms with E-state index < -0.39 is 30.1 Å². The summed E-state index contributed by atoms with van der Waals surface area (Å²) in [5.74, 6) is -0.535. The lowest BCUT2D eigenvalue weighted by molar-refractivity contribution is 0.0994. The molecule has 5 nitrogen and oxygen atoms in total. The number of anilines is 1. The number of furan rings is 1. The lowest BCUT2D eigenvalue weighted by atomic mass is 10.2. The molecule has 1 amide bonds. The molecule has 148 valence electrons. The molecule has 0 radical (unpaired) electrons. The Bertz CT molecular complexity index is 1000. The number of carbonyl (C=O) groups excluding carboxylic acids is 1. The molecule has 0 aliphatic carbocycles. The number of hydrogen-bond acceptors (Lipinski definition) is 3. The number of benzene rings is 1. The van der Waals surface area contributed by atoms with Crippen LogP contribution in [0.4, 0.5) is 23.2 Å². The second-order valence-corrected chi connectivity index (χ2v) is 6.37. The Hall–Kier alpha value is -2.81. The van der Waals surface area contributed by atoms with Crippen LogP contribution in [-0.2, 0) is 6.54 Å². The number of nitrogens with zero attached hydrogens (tertiary/aromatic N) is 2. The van der Waals surface area contributed by atoms with Crippen LogP contribution in [-0.4, -0.2) is 15.7 Å². The van der Waals surface area contributed by atoms with Gasteiger partial charge in [-0.05, 0) is 42.8 Å². The Balaban J connectivity index is 1.77. The number of hydrogen-bond donors (Lipinski definition) is 1. The molecular formula is C18H14ClF4N3O2. The van der Waals surface area contributed by atoms with Gasteiger partial charge in [-0.3, -0.25) is 9.48 Å². The predicted octanol–water partition coefficient (Wildman–Crippen LogP) is 5.61. The van der Waals surface area contributed by atoms with Crippen LogP contribution in [0.3, 0.4) is 0 Å². The minimum atomic E-state index is -2.98. The van der Waals surface area contributed by atoms with Crippen LogP contribution in [0.2, 0.25) is 5.02 Å². The fraction of sp³-hybridized carbons (Fsp3) is 0.222. The van der Waals surface area contributed by atoms with Gasteiger partial charge in [0.25, 0.3) is 18.8 Å². The van der Waals surface area contributed by atoms with E-state index >= 15 is 0 Å². The zero-order valence-corrected chi connectivity index (χ0v) is 15.2. The van der Waals surface area contributed by atoms with Gasteiger partial charge in [0.15, 0.2) is 5.76 Å². The molecule has 0 aliphatic heterocycles. The Morgan fingerprint density at radius 2 is 1.93 bits per heavy atom. The second kappa shape index (κ2) is 8.05. The maximum absolute atomic E-state index is 13.0. The summed E-state index contributed by atoms with van der Waals surface area (Å²) in [7, 11) is 0. The third-order valence-electron chi connectivity index (χ3n) is 3.92. The van der Waals surface area contributed by atoms with E-state index in [2.05, 4.69) is 10.4 Å². The zero-order chi connectivity index (χ0) is 20.4. The van der Waals surface area contributed by atoms with E-state index in [1.54, 1.807) is 25.1 Å². The molecule has 0 spiro atoms. The number of aromatic nitrogens is 2. The summed E-state index contributed by atoms with van der Waals surface area (Å²) in [6.07, 6.45) is -5.96. The average molecular weight is 416 g/mol. The lowest BCUT2D eigenvalue weighted by Crippen LogP contribution is -2.12. The molecule has 0 bridgehead atoms. The minimum Gasteiger partial charge on any atom is -0.454 e. The molecule has 2 aromatic heterocycles. The maximum Gasteiger partial charge on any atom is 0.291 e. The highest BCUT2D eigenvalue weighted by molar-refractivity contribution is 6.31. The summed E-state index contributed by atoms with van der Waals surface area (Å²) < 4.78 is 57.6. The van der Waals surface area contributed by atoms with E-state index in [-0.39, 0.29) is 18.1 Å². The van der Waals surface area contributed by atoms with Gasteiger partial charge >= 0.3 is 0 Å². The van der Waals surface area contributed by atoms with Gasteiger partial charge in [0.05, 0.1) is 6.54 Å². The van der Waals surface area contributed by atoms with E-state index in [4.69, 9.17) is 16.0 Å². The van der Waals surface area contributed by atoms with E-state index in [0.717, 1.165) is 10.2 Å². The lowest BCUT2D eigenvalue weighted by Gasteiger charge is -2.07. The standard InChI is InChI=1S/C18H14ClF4N3O2/c1-9-2-3-10(19)6-12(9)24-18(27)15-5-4-11(28-15)8-26-14(17(22)23)7-13(25-26)16(20)21/h2-7,16-17H,8H2,1H3,(H,24,27). The van der Waals surface area contributed by atoms with Crippen molar-refractivity contribution in [3.63, 3.8) is 0 Å². The van der Waals surface area contributed by atoms with Crippen molar-refractivity contribution < 1.29 is 26.8 Å². The molecule has 0 atom stereocenters. The predicted molar refractivity (Wildman–Crippen MR) is 94.1 cm³/mol. The smallest absolute Gasteiger partial charge is 0.291 e. The van der Waals surface area contributed by atoms with Crippen LogP contribution in [0.15, 0.2) is 40.8 Å². The Morgan fingerprint density at radius 1 is 1.18 bits per heavy atom. The molecule has 0 saturated heterocycles. The number of carbonyl (C=O) groups is 1. The van der Waals surface area contributed by atoms with Crippen LogP contribution < -0.4 is 5.32 Å². The quantitative estimate of drug-likeness (QED) is 0.532. The van der Waals surface area contributed by atoms with Gasteiger partial charge in [-0.2, -0.15) is 5.10 Å². The van der Waals surface area contributed by atoms with Gasteiger partial charge in [-0.1, -0.05) is 17.7 Å². The highest BCUT2D eigenvalue weighted by Crippen LogP contribution is 2.26. The fourth-order valence-corrected chi connectivity index (χ4v) is 2.68. The van der Waals surface area contributed by atoms with Crippen LogP contribution in [0.25, 0.3) is 0 Å². The SMILES string of the molecule is Cc1ccc(Cl)cc1NC(=O)c1ccc(Cn2nc(C(F)F)cc2C(F)F)o1. The van der Waals surface area contributed by atoms with Crippen LogP contribution in [0.1, 0.15) is 46.1 Å². The molecule has 28 heavy (non-hydrogen) atoms. The number of aryl methyl sites for hydroxylation is 1. The number of amides is 1. The summed E-state index contributed by atoms with van der Waals surface area (Å²) in [6.45, 7) is 1.46. The molecule has 3 rings (SSSR count). The zero-order valence-electron chi connectivity index (χ0n) is 14.4. The van der Waals surface area contributed by atoms with Gasteiger partial charge in [-0.15, -0.1) is 0 Å². The van der Waals surface area contributed by atoms with Crippen molar-refractivity contribution in [1.29, 1.82) is 0 Å². The largest absolute Gasteiger partial charge is 0.454 e. The topological polar surface area (TPSA) is 60.1 Å². The maximum atomic E-state index is 13.0. The van der Waals surface area contributed by atoms with Crippen LogP contribution >= 0.6 is 11.6 Å². The average Bonchev–Trinajstić information content (AvgIpc) is 3.26. The Labute approximate surface area is 161 Å². The van der Waals surface area contributed by atoms with Crippen molar-refractivity contribution in [1.82, 2.24) is 9.78 Å². The summed E-state index contributed by atoms with van der Waals surface area (Å²) in [6, 6.07) is 8.37. The van der Waals surface area contributed by atoms with Gasteiger partial charge in [0.2, 0.25) is 0 Å². The third kappa shape index (κ3) is 4.36. The normalized spacial score (nSPS) is 11.4. The van der Waals surface area contributed by atoms with Gasteiger partial charge in [0, 0.05) is 10.7 Å². The number of alkyl halides is 4. The van der Waals surface area contributed by atoms with Crippen molar-refractivity contribution >= 4 is 23.2 Å². The monoisotopic (exact) mass is 415 g/mol. The molecular weight excluding hydrogens is 402 g/mol. The first-order valence-electron chi connectivity index (χ1n) is 8.04. The molecule has 0 unspecified atom stereocenters. The van der Waals surface area contributed by atoms with Gasteiger partial charge < -0.3 is 9.73 Å². The molecule has 1 aromatic carbocycles. The third-order valence-corrected chi connectivity index (χ3v) is 4.15. The minimum absolute atomic E-state index is 0.0748. The first-order chi connectivity index (χ1) is 13.2. The molecule has 2 heterocycles. The number of rotatable bonds is 6. The highest BCUT2D eigenvalue weighted by Gasteiger charge is 2.22. The van der Waals surface area contributed by atoms with Gasteiger partial charge in [-0.25, -0.2) is 17.6 Å². The molecule has 0 fully saturated rings. The number of nitrogens with one attached hydrogen (secondary N) is 1. The van der Waals surface area contributed by atoms with Crippen LogP contribution in [0.5, 0.6) is 0 Å². The fourth-order valence-electron chi connectivity index (χ4n) is 2.51. The molecule has 0 aliphatic rings. The molecule has 3 aromatic rings. The highest BCUT2D eigenvalue weighted by atomic mass is 35.5. The van der Waals surface area contributed by atoms with E-state index in [9.17, 15) is 22.4 Å². The molecule has 10 heteroatoms. The molecule has 0 saturated carbocycles. The van der Waals surface area contributed by atoms with Crippen molar-refractivity contribution in [2.24, 2.45) is 0 Å². The second-order valence-electron chi connectivity index (χ2n) is 5.93. The van der Waals surface area contributed by atoms with Crippen molar-refractivity contribution in [3.8, 4) is 0 Å². The summed E-state index contributed by atoms with van der Waals surface area (Å²) in [5.41, 5.74) is -0.144. The van der Waals surface area contributed by atoms with Crippen molar-refractivity contribution in [2.75, 3.05) is 5.32 Å². The van der Waals surface area contributed by atoms with Crippen molar-refractivity contribution in [2.45, 2.75) is 26.3 Å². The van der Waals surface area contributed by atoms with Crippen molar-refractivity contribution in [3.05, 3.63) is 69.9 Å². The summed E-state index contributed by atoms with van der Waals surface area (Å²) in [4.78, 5) is 12.3.